The van der Waals surface area contributed by atoms with E-state index in [1.54, 1.807) is 30.3 Å². The third-order valence-corrected chi connectivity index (χ3v) is 7.94. The third kappa shape index (κ3) is 4.34. The summed E-state index contributed by atoms with van der Waals surface area (Å²) in [4.78, 5) is 13.2. The van der Waals surface area contributed by atoms with Gasteiger partial charge in [-0.25, -0.2) is 8.42 Å². The number of halogens is 1. The van der Waals surface area contributed by atoms with E-state index in [-0.39, 0.29) is 17.9 Å². The molecule has 1 N–H and O–H groups in total. The van der Waals surface area contributed by atoms with Crippen LogP contribution in [0.25, 0.3) is 0 Å². The summed E-state index contributed by atoms with van der Waals surface area (Å²) in [6, 6.07) is 14.2. The van der Waals surface area contributed by atoms with Crippen molar-refractivity contribution in [2.45, 2.75) is 30.2 Å². The number of fused-ring (bicyclic) bond motifs is 1. The van der Waals surface area contributed by atoms with E-state index in [4.69, 9.17) is 4.74 Å². The lowest BCUT2D eigenvalue weighted by molar-refractivity contribution is -0.127. The summed E-state index contributed by atoms with van der Waals surface area (Å²) in [6.07, 6.45) is 1.76. The molecule has 154 valence electrons. The standard InChI is InChI=1S/C21H23BrN2O4S/c22-16-6-7-20-18(14-16)19(10-13-28-20)23-21(25)15-8-11-24(12-9-15)29(26,27)17-4-2-1-3-5-17/h1-7,14-15,19H,8-13H2,(H,23,25). The molecule has 1 atom stereocenters. The first-order chi connectivity index (χ1) is 13.9. The molecule has 1 amide bonds. The number of rotatable bonds is 4. The molecule has 0 radical (unpaired) electrons. The van der Waals surface area contributed by atoms with Gasteiger partial charge in [0.25, 0.3) is 0 Å². The molecule has 2 aromatic carbocycles. The van der Waals surface area contributed by atoms with Gasteiger partial charge in [0.2, 0.25) is 15.9 Å². The fourth-order valence-electron chi connectivity index (χ4n) is 3.90. The largest absolute Gasteiger partial charge is 0.493 e. The highest BCUT2D eigenvalue weighted by atomic mass is 79.9. The molecule has 29 heavy (non-hydrogen) atoms. The highest BCUT2D eigenvalue weighted by molar-refractivity contribution is 9.10. The van der Waals surface area contributed by atoms with E-state index < -0.39 is 10.0 Å². The molecule has 1 unspecified atom stereocenters. The maximum atomic E-state index is 12.9. The molecule has 2 aromatic rings. The van der Waals surface area contributed by atoms with E-state index >= 15 is 0 Å². The number of hydrogen-bond donors (Lipinski definition) is 1. The molecule has 0 aromatic heterocycles. The summed E-state index contributed by atoms with van der Waals surface area (Å²) < 4.78 is 33.6. The van der Waals surface area contributed by atoms with E-state index in [1.807, 2.05) is 18.2 Å². The van der Waals surface area contributed by atoms with Crippen LogP contribution < -0.4 is 10.1 Å². The number of nitrogens with zero attached hydrogens (tertiary/aromatic N) is 1. The Morgan fingerprint density at radius 1 is 1.07 bits per heavy atom. The smallest absolute Gasteiger partial charge is 0.243 e. The molecule has 2 aliphatic heterocycles. The Kier molecular flexibility index (Phi) is 5.94. The average molecular weight is 479 g/mol. The van der Waals surface area contributed by atoms with Gasteiger partial charge < -0.3 is 10.1 Å². The molecule has 1 fully saturated rings. The molecule has 0 bridgehead atoms. The van der Waals surface area contributed by atoms with E-state index in [1.165, 1.54) is 4.31 Å². The number of carbonyl (C=O) groups excluding carboxylic acids is 1. The van der Waals surface area contributed by atoms with Crippen molar-refractivity contribution >= 4 is 31.9 Å². The highest BCUT2D eigenvalue weighted by Crippen LogP contribution is 2.34. The van der Waals surface area contributed by atoms with Crippen LogP contribution in [0.15, 0.2) is 57.9 Å². The second-order valence-corrected chi connectivity index (χ2v) is 10.2. The Labute approximate surface area is 179 Å². The molecule has 2 heterocycles. The molecular formula is C21H23BrN2O4S. The van der Waals surface area contributed by atoms with Crippen LogP contribution in [0.5, 0.6) is 5.75 Å². The van der Waals surface area contributed by atoms with Crippen LogP contribution in [0, 0.1) is 5.92 Å². The lowest BCUT2D eigenvalue weighted by Crippen LogP contribution is -2.44. The third-order valence-electron chi connectivity index (χ3n) is 5.53. The minimum atomic E-state index is -3.50. The maximum absolute atomic E-state index is 12.9. The molecule has 0 aliphatic carbocycles. The van der Waals surface area contributed by atoms with Crippen molar-refractivity contribution in [1.29, 1.82) is 0 Å². The second-order valence-electron chi connectivity index (χ2n) is 7.37. The predicted octanol–water partition coefficient (Wildman–Crippen LogP) is 3.49. The monoisotopic (exact) mass is 478 g/mol. The Morgan fingerprint density at radius 3 is 2.52 bits per heavy atom. The molecule has 0 spiro atoms. The SMILES string of the molecule is O=C(NC1CCOc2ccc(Br)cc21)C1CCN(S(=O)(=O)c2ccccc2)CC1. The van der Waals surface area contributed by atoms with Crippen molar-refractivity contribution in [3.63, 3.8) is 0 Å². The number of sulfonamides is 1. The Balaban J connectivity index is 1.39. The van der Waals surface area contributed by atoms with Crippen LogP contribution >= 0.6 is 15.9 Å². The van der Waals surface area contributed by atoms with Gasteiger partial charge in [0.05, 0.1) is 17.5 Å². The minimum absolute atomic E-state index is 0.0143. The summed E-state index contributed by atoms with van der Waals surface area (Å²) in [6.45, 7) is 1.27. The van der Waals surface area contributed by atoms with Gasteiger partial charge in [-0.3, -0.25) is 4.79 Å². The van der Waals surface area contributed by atoms with Crippen LogP contribution in [0.1, 0.15) is 30.9 Å². The zero-order chi connectivity index (χ0) is 20.4. The van der Waals surface area contributed by atoms with Gasteiger partial charge in [0, 0.05) is 35.5 Å². The van der Waals surface area contributed by atoms with Crippen LogP contribution in [-0.2, 0) is 14.8 Å². The lowest BCUT2D eigenvalue weighted by Gasteiger charge is -2.32. The summed E-state index contributed by atoms with van der Waals surface area (Å²) in [5.74, 6) is 0.601. The van der Waals surface area contributed by atoms with Gasteiger partial charge in [-0.15, -0.1) is 0 Å². The number of hydrogen-bond acceptors (Lipinski definition) is 4. The van der Waals surface area contributed by atoms with Crippen molar-refractivity contribution in [2.24, 2.45) is 5.92 Å². The number of amides is 1. The fourth-order valence-corrected chi connectivity index (χ4v) is 5.77. The summed E-state index contributed by atoms with van der Waals surface area (Å²) in [5, 5.41) is 3.15. The van der Waals surface area contributed by atoms with Crippen LogP contribution in [0.4, 0.5) is 0 Å². The van der Waals surface area contributed by atoms with E-state index in [2.05, 4.69) is 21.2 Å². The zero-order valence-electron chi connectivity index (χ0n) is 15.9. The normalized spacial score (nSPS) is 20.5. The number of benzene rings is 2. The zero-order valence-corrected chi connectivity index (χ0v) is 18.3. The first kappa shape index (κ1) is 20.4. The topological polar surface area (TPSA) is 75.7 Å². The van der Waals surface area contributed by atoms with Crippen molar-refractivity contribution in [3.8, 4) is 5.75 Å². The van der Waals surface area contributed by atoms with Crippen molar-refractivity contribution in [3.05, 3.63) is 58.6 Å². The number of nitrogens with one attached hydrogen (secondary N) is 1. The van der Waals surface area contributed by atoms with Crippen LogP contribution in [0.2, 0.25) is 0 Å². The number of ether oxygens (including phenoxy) is 1. The Morgan fingerprint density at radius 2 is 1.79 bits per heavy atom. The fraction of sp³-hybridized carbons (Fsp3) is 0.381. The maximum Gasteiger partial charge on any atom is 0.243 e. The number of carbonyl (C=O) groups is 1. The van der Waals surface area contributed by atoms with Gasteiger partial charge >= 0.3 is 0 Å². The summed E-state index contributed by atoms with van der Waals surface area (Å²) >= 11 is 3.47. The predicted molar refractivity (Wildman–Crippen MR) is 113 cm³/mol. The van der Waals surface area contributed by atoms with E-state index in [9.17, 15) is 13.2 Å². The van der Waals surface area contributed by atoms with Gasteiger partial charge in [-0.1, -0.05) is 34.1 Å². The molecule has 2 aliphatic rings. The van der Waals surface area contributed by atoms with Crippen LogP contribution in [-0.4, -0.2) is 38.3 Å². The first-order valence-electron chi connectivity index (χ1n) is 9.73. The Hall–Kier alpha value is -1.90. The first-order valence-corrected chi connectivity index (χ1v) is 12.0. The Bertz CT molecular complexity index is 989. The van der Waals surface area contributed by atoms with Gasteiger partial charge in [-0.2, -0.15) is 4.31 Å². The summed E-state index contributed by atoms with van der Waals surface area (Å²) in [5.41, 5.74) is 0.975. The summed E-state index contributed by atoms with van der Waals surface area (Å²) in [7, 11) is -3.50. The molecule has 1 saturated heterocycles. The van der Waals surface area contributed by atoms with Crippen molar-refractivity contribution in [1.82, 2.24) is 9.62 Å². The molecular weight excluding hydrogens is 456 g/mol. The van der Waals surface area contributed by atoms with Gasteiger partial charge in [-0.05, 0) is 43.2 Å². The van der Waals surface area contributed by atoms with Gasteiger partial charge in [0.15, 0.2) is 0 Å². The van der Waals surface area contributed by atoms with E-state index in [0.717, 1.165) is 22.2 Å². The molecule has 6 nitrogen and oxygen atoms in total. The van der Waals surface area contributed by atoms with Crippen molar-refractivity contribution in [2.75, 3.05) is 19.7 Å². The van der Waals surface area contributed by atoms with Crippen LogP contribution in [0.3, 0.4) is 0 Å². The average Bonchev–Trinajstić information content (AvgIpc) is 2.75. The quantitative estimate of drug-likeness (QED) is 0.729. The molecule has 8 heteroatoms. The van der Waals surface area contributed by atoms with E-state index in [0.29, 0.717) is 37.4 Å². The highest BCUT2D eigenvalue weighted by Gasteiger charge is 2.33. The lowest BCUT2D eigenvalue weighted by atomic mass is 9.95. The molecule has 0 saturated carbocycles. The molecule has 4 rings (SSSR count). The van der Waals surface area contributed by atoms with Gasteiger partial charge in [0.1, 0.15) is 5.75 Å². The minimum Gasteiger partial charge on any atom is -0.493 e. The van der Waals surface area contributed by atoms with Crippen molar-refractivity contribution < 1.29 is 17.9 Å². The second kappa shape index (κ2) is 8.45. The number of piperidine rings is 1.